The van der Waals surface area contributed by atoms with Gasteiger partial charge in [0.05, 0.1) is 45.8 Å². The number of benzene rings is 2. The monoisotopic (exact) mass is 423 g/mol. The molecule has 0 bridgehead atoms. The summed E-state index contributed by atoms with van der Waals surface area (Å²) in [5.41, 5.74) is 2.49. The number of hydrogen-bond donors (Lipinski definition) is 2. The van der Waals surface area contributed by atoms with Crippen molar-refractivity contribution in [3.8, 4) is 5.75 Å². The zero-order chi connectivity index (χ0) is 21.5. The molecule has 0 aliphatic carbocycles. The lowest BCUT2D eigenvalue weighted by molar-refractivity contribution is -0.919. The van der Waals surface area contributed by atoms with Gasteiger partial charge in [0.25, 0.3) is 0 Å². The number of likely N-dealkylation sites (tertiary alicyclic amines) is 1. The molecule has 0 aromatic heterocycles. The average Bonchev–Trinajstić information content (AvgIpc) is 2.84. The Hall–Kier alpha value is -2.37. The summed E-state index contributed by atoms with van der Waals surface area (Å²) in [6, 6.07) is 18.8. The van der Waals surface area contributed by atoms with Crippen LogP contribution >= 0.6 is 0 Å². The van der Waals surface area contributed by atoms with Crippen molar-refractivity contribution in [3.63, 3.8) is 0 Å². The molecule has 166 valence electrons. The standard InChI is InChI=1S/C26H35N3O2/c1-2-27-15-17-29(18-16-27)26(30)24-11-13-28(14-12-24)20-23-9-6-10-25(19-23)31-21-22-7-4-3-5-8-22/h3-10,19,24H,2,11-18,20-21H2,1H3/p+2. The van der Waals surface area contributed by atoms with Gasteiger partial charge in [-0.1, -0.05) is 42.5 Å². The molecule has 2 aliphatic rings. The first-order chi connectivity index (χ1) is 15.2. The van der Waals surface area contributed by atoms with Crippen molar-refractivity contribution < 1.29 is 19.3 Å². The minimum absolute atomic E-state index is 0.229. The van der Waals surface area contributed by atoms with E-state index >= 15 is 0 Å². The Balaban J connectivity index is 1.23. The zero-order valence-electron chi connectivity index (χ0n) is 18.8. The van der Waals surface area contributed by atoms with Crippen LogP contribution in [0.3, 0.4) is 0 Å². The molecule has 2 aliphatic heterocycles. The number of hydrogen-bond acceptors (Lipinski definition) is 2. The molecule has 5 nitrogen and oxygen atoms in total. The molecular formula is C26H37N3O2+2. The molecule has 31 heavy (non-hydrogen) atoms. The third-order valence-corrected chi connectivity index (χ3v) is 6.93. The van der Waals surface area contributed by atoms with Crippen molar-refractivity contribution >= 4 is 5.91 Å². The van der Waals surface area contributed by atoms with Crippen LogP contribution in [0.25, 0.3) is 0 Å². The molecule has 2 N–H and O–H groups in total. The van der Waals surface area contributed by atoms with E-state index < -0.39 is 0 Å². The zero-order valence-corrected chi connectivity index (χ0v) is 18.8. The van der Waals surface area contributed by atoms with Crippen molar-refractivity contribution in [3.05, 3.63) is 65.7 Å². The van der Waals surface area contributed by atoms with Crippen molar-refractivity contribution in [2.45, 2.75) is 32.9 Å². The van der Waals surface area contributed by atoms with Gasteiger partial charge in [0, 0.05) is 24.3 Å². The van der Waals surface area contributed by atoms with E-state index in [4.69, 9.17) is 4.74 Å². The fourth-order valence-corrected chi connectivity index (χ4v) is 4.88. The normalized spacial score (nSPS) is 22.3. The van der Waals surface area contributed by atoms with Gasteiger partial charge in [0.1, 0.15) is 18.9 Å². The van der Waals surface area contributed by atoms with Crippen molar-refractivity contribution in [1.82, 2.24) is 4.90 Å². The van der Waals surface area contributed by atoms with E-state index in [9.17, 15) is 4.79 Å². The Labute approximate surface area is 186 Å². The smallest absolute Gasteiger partial charge is 0.226 e. The summed E-state index contributed by atoms with van der Waals surface area (Å²) >= 11 is 0. The van der Waals surface area contributed by atoms with Crippen LogP contribution in [0.1, 0.15) is 30.9 Å². The molecule has 0 spiro atoms. The minimum atomic E-state index is 0.229. The summed E-state index contributed by atoms with van der Waals surface area (Å²) in [5, 5.41) is 0. The average molecular weight is 424 g/mol. The summed E-state index contributed by atoms with van der Waals surface area (Å²) in [5.74, 6) is 1.57. The number of rotatable bonds is 7. The van der Waals surface area contributed by atoms with E-state index in [0.29, 0.717) is 12.5 Å². The molecule has 2 fully saturated rings. The largest absolute Gasteiger partial charge is 0.489 e. The molecule has 2 heterocycles. The van der Waals surface area contributed by atoms with E-state index in [1.165, 1.54) is 17.7 Å². The second kappa shape index (κ2) is 10.8. The Bertz CT molecular complexity index is 826. The predicted octanol–water partition coefficient (Wildman–Crippen LogP) is 0.808. The fourth-order valence-electron chi connectivity index (χ4n) is 4.88. The first-order valence-corrected chi connectivity index (χ1v) is 11.9. The molecule has 0 unspecified atom stereocenters. The molecule has 1 amide bonds. The highest BCUT2D eigenvalue weighted by molar-refractivity contribution is 5.79. The van der Waals surface area contributed by atoms with E-state index in [1.54, 1.807) is 9.80 Å². The van der Waals surface area contributed by atoms with Gasteiger partial charge in [0.2, 0.25) is 5.91 Å². The molecule has 2 saturated heterocycles. The van der Waals surface area contributed by atoms with Crippen LogP contribution in [0.15, 0.2) is 54.6 Å². The lowest BCUT2D eigenvalue weighted by Gasteiger charge is -2.35. The van der Waals surface area contributed by atoms with Gasteiger partial charge in [-0.25, -0.2) is 0 Å². The number of nitrogens with zero attached hydrogens (tertiary/aromatic N) is 1. The van der Waals surface area contributed by atoms with Crippen molar-refractivity contribution in [1.29, 1.82) is 0 Å². The number of carbonyl (C=O) groups excluding carboxylic acids is 1. The highest BCUT2D eigenvalue weighted by Gasteiger charge is 2.32. The van der Waals surface area contributed by atoms with Gasteiger partial charge in [-0.05, 0) is 24.6 Å². The van der Waals surface area contributed by atoms with Crippen LogP contribution in [-0.2, 0) is 17.9 Å². The maximum absolute atomic E-state index is 12.9. The first-order valence-electron chi connectivity index (χ1n) is 11.9. The number of likely N-dealkylation sites (N-methyl/N-ethyl adjacent to an activating group) is 1. The van der Waals surface area contributed by atoms with Crippen molar-refractivity contribution in [2.24, 2.45) is 5.92 Å². The number of piperazine rings is 1. The van der Waals surface area contributed by atoms with Crippen molar-refractivity contribution in [2.75, 3.05) is 45.8 Å². The second-order valence-corrected chi connectivity index (χ2v) is 9.05. The van der Waals surface area contributed by atoms with Gasteiger partial charge < -0.3 is 19.4 Å². The Kier molecular flexibility index (Phi) is 7.60. The van der Waals surface area contributed by atoms with Crippen LogP contribution in [0, 0.1) is 5.92 Å². The highest BCUT2D eigenvalue weighted by Crippen LogP contribution is 2.17. The van der Waals surface area contributed by atoms with Gasteiger partial charge in [-0.15, -0.1) is 0 Å². The summed E-state index contributed by atoms with van der Waals surface area (Å²) in [6.45, 7) is 11.2. The third-order valence-electron chi connectivity index (χ3n) is 6.93. The molecule has 0 saturated carbocycles. The summed E-state index contributed by atoms with van der Waals surface area (Å²) < 4.78 is 5.99. The van der Waals surface area contributed by atoms with Crippen LogP contribution in [0.5, 0.6) is 5.75 Å². The van der Waals surface area contributed by atoms with E-state index in [1.807, 2.05) is 24.3 Å². The highest BCUT2D eigenvalue weighted by atomic mass is 16.5. The Morgan fingerprint density at radius 1 is 0.935 bits per heavy atom. The van der Waals surface area contributed by atoms with Crippen LogP contribution in [0.4, 0.5) is 0 Å². The Morgan fingerprint density at radius 3 is 2.35 bits per heavy atom. The van der Waals surface area contributed by atoms with E-state index in [0.717, 1.165) is 64.4 Å². The molecule has 2 aromatic rings. The van der Waals surface area contributed by atoms with Gasteiger partial charge >= 0.3 is 0 Å². The Morgan fingerprint density at radius 2 is 1.65 bits per heavy atom. The maximum Gasteiger partial charge on any atom is 0.226 e. The predicted molar refractivity (Wildman–Crippen MR) is 122 cm³/mol. The maximum atomic E-state index is 12.9. The molecule has 4 rings (SSSR count). The van der Waals surface area contributed by atoms with Crippen LogP contribution < -0.4 is 14.5 Å². The van der Waals surface area contributed by atoms with Crippen LogP contribution in [-0.4, -0.2) is 56.6 Å². The molecule has 0 atom stereocenters. The SMILES string of the molecule is CC[NH+]1CCN(C(=O)C2CC[NH+](Cc3cccc(OCc4ccccc4)c3)CC2)CC1. The van der Waals surface area contributed by atoms with Crippen LogP contribution in [0.2, 0.25) is 0 Å². The lowest BCUT2D eigenvalue weighted by Crippen LogP contribution is -3.14. The molecular weight excluding hydrogens is 386 g/mol. The number of carbonyl (C=O) groups is 1. The van der Waals surface area contributed by atoms with E-state index in [2.05, 4.69) is 42.2 Å². The molecule has 5 heteroatoms. The van der Waals surface area contributed by atoms with E-state index in [-0.39, 0.29) is 5.92 Å². The van der Waals surface area contributed by atoms with Gasteiger partial charge in [-0.2, -0.15) is 0 Å². The fraction of sp³-hybridized carbons (Fsp3) is 0.500. The number of nitrogens with one attached hydrogen (secondary N) is 2. The van der Waals surface area contributed by atoms with Gasteiger partial charge in [-0.3, -0.25) is 4.79 Å². The number of amides is 1. The van der Waals surface area contributed by atoms with Gasteiger partial charge in [0.15, 0.2) is 0 Å². The summed E-state index contributed by atoms with van der Waals surface area (Å²) in [4.78, 5) is 18.3. The molecule has 2 aromatic carbocycles. The number of ether oxygens (including phenoxy) is 1. The minimum Gasteiger partial charge on any atom is -0.489 e. The summed E-state index contributed by atoms with van der Waals surface area (Å²) in [7, 11) is 0. The molecule has 0 radical (unpaired) electrons. The number of quaternary nitrogens is 2. The third kappa shape index (κ3) is 6.08. The number of piperidine rings is 1. The quantitative estimate of drug-likeness (QED) is 0.692. The topological polar surface area (TPSA) is 38.4 Å². The first kappa shape index (κ1) is 21.8. The lowest BCUT2D eigenvalue weighted by atomic mass is 9.94. The summed E-state index contributed by atoms with van der Waals surface area (Å²) in [6.07, 6.45) is 2.03. The second-order valence-electron chi connectivity index (χ2n) is 9.05.